The third-order valence-corrected chi connectivity index (χ3v) is 6.70. The van der Waals surface area contributed by atoms with Crippen LogP contribution in [0.3, 0.4) is 0 Å². The van der Waals surface area contributed by atoms with Crippen LogP contribution in [0.4, 0.5) is 4.79 Å². The predicted octanol–water partition coefficient (Wildman–Crippen LogP) is 3.13. The van der Waals surface area contributed by atoms with Crippen molar-refractivity contribution in [3.8, 4) is 0 Å². The molecular weight excluding hydrogens is 521 g/mol. The van der Waals surface area contributed by atoms with E-state index in [0.717, 1.165) is 16.1 Å². The molecule has 206 valence electrons. The van der Waals surface area contributed by atoms with Crippen LogP contribution >= 0.6 is 7.94 Å². The number of amides is 2. The SMILES string of the molecule is CC(C)[C@H](N=[P+]([O-])CNC(=O)OCc1ccccc1)C(=O)N([C@@H](Cc1ccccc1)C(=O)O)N1C=CN=CC1. The first-order valence-corrected chi connectivity index (χ1v) is 13.8. The second kappa shape index (κ2) is 14.8. The molecule has 1 aliphatic heterocycles. The molecule has 3 atom stereocenters. The minimum Gasteiger partial charge on any atom is -0.611 e. The maximum Gasteiger partial charge on any atom is 0.410 e. The quantitative estimate of drug-likeness (QED) is 0.384. The molecule has 12 heteroatoms. The molecule has 2 N–H and O–H groups in total. The van der Waals surface area contributed by atoms with Gasteiger partial charge in [-0.25, -0.2) is 14.6 Å². The minimum atomic E-state index is -2.40. The van der Waals surface area contributed by atoms with Gasteiger partial charge in [0.15, 0.2) is 26.3 Å². The molecule has 0 aromatic heterocycles. The normalized spacial score (nSPS) is 14.6. The summed E-state index contributed by atoms with van der Waals surface area (Å²) in [6.07, 6.45) is 3.48. The number of hydrogen-bond acceptors (Lipinski definition) is 8. The molecule has 2 aromatic rings. The number of alkyl carbamates (subject to hydrolysis) is 1. The highest BCUT2D eigenvalue weighted by molar-refractivity contribution is 7.39. The first kappa shape index (κ1) is 29.5. The van der Waals surface area contributed by atoms with E-state index >= 15 is 0 Å². The smallest absolute Gasteiger partial charge is 0.410 e. The highest BCUT2D eigenvalue weighted by atomic mass is 31.1. The van der Waals surface area contributed by atoms with Crippen LogP contribution in [-0.2, 0) is 27.4 Å². The van der Waals surface area contributed by atoms with Crippen molar-refractivity contribution in [2.24, 2.45) is 15.7 Å². The van der Waals surface area contributed by atoms with Crippen LogP contribution in [0.1, 0.15) is 25.0 Å². The van der Waals surface area contributed by atoms with Gasteiger partial charge in [0, 0.05) is 25.0 Å². The molecule has 0 saturated carbocycles. The Morgan fingerprint density at radius 3 is 2.33 bits per heavy atom. The van der Waals surface area contributed by atoms with Gasteiger partial charge in [-0.05, 0) is 17.0 Å². The lowest BCUT2D eigenvalue weighted by Gasteiger charge is -2.39. The number of ether oxygens (including phenoxy) is 1. The van der Waals surface area contributed by atoms with Crippen molar-refractivity contribution in [3.63, 3.8) is 0 Å². The van der Waals surface area contributed by atoms with Crippen molar-refractivity contribution < 1.29 is 29.1 Å². The molecule has 1 heterocycles. The van der Waals surface area contributed by atoms with Gasteiger partial charge in [0.1, 0.15) is 6.61 Å². The lowest BCUT2D eigenvalue weighted by Crippen LogP contribution is -2.57. The van der Waals surface area contributed by atoms with Gasteiger partial charge in [0.2, 0.25) is 0 Å². The summed E-state index contributed by atoms with van der Waals surface area (Å²) in [7, 11) is -2.40. The zero-order valence-electron chi connectivity index (χ0n) is 21.8. The first-order chi connectivity index (χ1) is 18.8. The van der Waals surface area contributed by atoms with Crippen molar-refractivity contribution in [1.82, 2.24) is 15.3 Å². The molecule has 1 aliphatic rings. The molecule has 0 radical (unpaired) electrons. The number of carboxylic acid groups (broad SMARTS) is 1. The van der Waals surface area contributed by atoms with Crippen LogP contribution in [0.2, 0.25) is 0 Å². The van der Waals surface area contributed by atoms with Gasteiger partial charge in [-0.2, -0.15) is 0 Å². The van der Waals surface area contributed by atoms with Gasteiger partial charge in [-0.3, -0.25) is 20.1 Å². The summed E-state index contributed by atoms with van der Waals surface area (Å²) in [5, 5.41) is 15.2. The number of carbonyl (C=O) groups excluding carboxylic acids is 2. The Kier molecular flexibility index (Phi) is 11.1. The lowest BCUT2D eigenvalue weighted by atomic mass is 10.0. The van der Waals surface area contributed by atoms with Gasteiger partial charge >= 0.3 is 12.1 Å². The summed E-state index contributed by atoms with van der Waals surface area (Å²) in [5.74, 6) is -2.22. The zero-order valence-corrected chi connectivity index (χ0v) is 22.7. The van der Waals surface area contributed by atoms with Gasteiger partial charge < -0.3 is 14.7 Å². The fraction of sp³-hybridized carbons (Fsp3) is 0.333. The molecule has 0 bridgehead atoms. The van der Waals surface area contributed by atoms with Crippen molar-refractivity contribution in [3.05, 3.63) is 84.2 Å². The molecule has 0 saturated heterocycles. The summed E-state index contributed by atoms with van der Waals surface area (Å²) in [6.45, 7) is 3.69. The highest BCUT2D eigenvalue weighted by Crippen LogP contribution is 2.24. The largest absolute Gasteiger partial charge is 0.611 e. The first-order valence-electron chi connectivity index (χ1n) is 12.4. The number of nitrogens with zero attached hydrogens (tertiary/aromatic N) is 4. The molecule has 0 aliphatic carbocycles. The Labute approximate surface area is 228 Å². The predicted molar refractivity (Wildman–Crippen MR) is 145 cm³/mol. The highest BCUT2D eigenvalue weighted by Gasteiger charge is 2.39. The van der Waals surface area contributed by atoms with E-state index in [1.807, 2.05) is 24.3 Å². The van der Waals surface area contributed by atoms with E-state index in [0.29, 0.717) is 0 Å². The fourth-order valence-corrected chi connectivity index (χ4v) is 4.78. The van der Waals surface area contributed by atoms with Crippen LogP contribution < -0.4 is 10.2 Å². The molecule has 3 rings (SSSR count). The molecule has 11 nitrogen and oxygen atoms in total. The van der Waals surface area contributed by atoms with Gasteiger partial charge in [-0.1, -0.05) is 79.3 Å². The molecule has 0 spiro atoms. The van der Waals surface area contributed by atoms with Crippen molar-refractivity contribution in [1.29, 1.82) is 0 Å². The number of carbonyl (C=O) groups is 3. The van der Waals surface area contributed by atoms with Gasteiger partial charge in [0.05, 0.1) is 6.54 Å². The summed E-state index contributed by atoms with van der Waals surface area (Å²) < 4.78 is 9.32. The van der Waals surface area contributed by atoms with Crippen LogP contribution in [-0.4, -0.2) is 64.2 Å². The van der Waals surface area contributed by atoms with Gasteiger partial charge in [-0.15, -0.1) is 0 Å². The average molecular weight is 554 g/mol. The second-order valence-electron chi connectivity index (χ2n) is 9.03. The average Bonchev–Trinajstić information content (AvgIpc) is 2.94. The van der Waals surface area contributed by atoms with E-state index in [9.17, 15) is 24.4 Å². The molecule has 39 heavy (non-hydrogen) atoms. The minimum absolute atomic E-state index is 0.0489. The van der Waals surface area contributed by atoms with E-state index in [1.165, 1.54) is 17.4 Å². The number of nitrogens with one attached hydrogen (secondary N) is 1. The molecule has 2 amide bonds. The van der Waals surface area contributed by atoms with Crippen molar-refractivity contribution in [2.45, 2.75) is 39.0 Å². The maximum atomic E-state index is 13.9. The fourth-order valence-electron chi connectivity index (χ4n) is 3.79. The summed E-state index contributed by atoms with van der Waals surface area (Å²) >= 11 is 0. The Morgan fingerprint density at radius 2 is 1.77 bits per heavy atom. The Morgan fingerprint density at radius 1 is 1.13 bits per heavy atom. The van der Waals surface area contributed by atoms with Crippen LogP contribution in [0, 0.1) is 5.92 Å². The molecule has 2 aromatic carbocycles. The third-order valence-electron chi connectivity index (χ3n) is 5.76. The van der Waals surface area contributed by atoms with Crippen LogP contribution in [0.5, 0.6) is 0 Å². The van der Waals surface area contributed by atoms with E-state index in [2.05, 4.69) is 15.1 Å². The number of benzene rings is 2. The van der Waals surface area contributed by atoms with Crippen molar-refractivity contribution in [2.75, 3.05) is 12.8 Å². The molecular formula is C27H32N5O6P. The topological polar surface area (TPSA) is 147 Å². The number of carboxylic acids is 1. The lowest BCUT2D eigenvalue weighted by molar-refractivity contribution is -0.165. The Balaban J connectivity index is 1.76. The number of aliphatic carboxylic acids is 1. The summed E-state index contributed by atoms with van der Waals surface area (Å²) in [6, 6.07) is 15.7. The molecule has 1 unspecified atom stereocenters. The number of hydrazine groups is 1. The van der Waals surface area contributed by atoms with Crippen molar-refractivity contribution >= 4 is 32.1 Å². The molecule has 0 fully saturated rings. The van der Waals surface area contributed by atoms with E-state index in [-0.39, 0.29) is 25.9 Å². The van der Waals surface area contributed by atoms with E-state index in [4.69, 9.17) is 4.74 Å². The van der Waals surface area contributed by atoms with E-state index in [1.54, 1.807) is 56.5 Å². The number of rotatable bonds is 12. The van der Waals surface area contributed by atoms with Gasteiger partial charge in [0.25, 0.3) is 5.91 Å². The number of aliphatic imine (C=N–C) groups is 1. The van der Waals surface area contributed by atoms with Crippen LogP contribution in [0.15, 0.2) is 82.8 Å². The standard InChI is InChI=1S/C27H32N5O6P/c1-20(2)24(30-39(37)19-29-27(36)38-18-22-11-7-4-8-12-22)25(33)32(31-15-13-28-14-16-31)23(26(34)35)17-21-9-5-3-6-10-21/h3-15,20,23-24H,16-19H2,1-2H3,(H,29,36)(H,34,35)/t23-,24-/m0/s1. The monoisotopic (exact) mass is 553 g/mol. The maximum absolute atomic E-state index is 13.9. The summed E-state index contributed by atoms with van der Waals surface area (Å²) in [5.41, 5.74) is 1.53. The van der Waals surface area contributed by atoms with Crippen LogP contribution in [0.25, 0.3) is 0 Å². The Hall–Kier alpha value is -4.08. The Bertz CT molecular complexity index is 1210. The zero-order chi connectivity index (χ0) is 28.2. The second-order valence-corrected chi connectivity index (χ2v) is 10.3. The third kappa shape index (κ3) is 9.01. The van der Waals surface area contributed by atoms with E-state index < -0.39 is 43.9 Å². The number of hydrogen-bond donors (Lipinski definition) is 2. The summed E-state index contributed by atoms with van der Waals surface area (Å²) in [4.78, 5) is 55.2.